The Kier molecular flexibility index (Phi) is 10.6. The first-order valence-electron chi connectivity index (χ1n) is 7.63. The van der Waals surface area contributed by atoms with Crippen molar-refractivity contribution >= 4 is 34.3 Å². The Morgan fingerprint density at radius 1 is 0.667 bits per heavy atom. The molecule has 0 fully saturated rings. The predicted octanol–water partition coefficient (Wildman–Crippen LogP) is 2.48. The van der Waals surface area contributed by atoms with E-state index in [9.17, 15) is 9.59 Å². The summed E-state index contributed by atoms with van der Waals surface area (Å²) in [6.07, 6.45) is 1.69. The zero-order chi connectivity index (χ0) is 21.0. The Bertz CT molecular complexity index is 737. The molecule has 2 N–H and O–H groups in total. The van der Waals surface area contributed by atoms with E-state index >= 15 is 0 Å². The predicted molar refractivity (Wildman–Crippen MR) is 106 cm³/mol. The van der Waals surface area contributed by atoms with Crippen LogP contribution in [0, 0.1) is 0 Å². The number of anilines is 2. The molecule has 9 heteroatoms. The number of carbonyl (C=O) groups is 2. The summed E-state index contributed by atoms with van der Waals surface area (Å²) < 4.78 is 31.6. The van der Waals surface area contributed by atoms with Crippen LogP contribution in [0.5, 0.6) is 0 Å². The molecule has 0 aliphatic carbocycles. The summed E-state index contributed by atoms with van der Waals surface area (Å²) in [5.41, 5.74) is 3.65. The normalized spacial score (nSPS) is 9.70. The van der Waals surface area contributed by atoms with Gasteiger partial charge in [0.2, 0.25) is 0 Å². The minimum absolute atomic E-state index is 0.718. The van der Waals surface area contributed by atoms with Crippen molar-refractivity contribution in [2.24, 2.45) is 0 Å². The molecule has 0 aliphatic rings. The van der Waals surface area contributed by atoms with E-state index in [1.165, 1.54) is 0 Å². The Labute approximate surface area is 159 Å². The number of carbonyl (C=O) groups excluding carboxylic acids is 2. The molecule has 0 atom stereocenters. The van der Waals surface area contributed by atoms with Crippen LogP contribution in [-0.2, 0) is 10.4 Å². The van der Waals surface area contributed by atoms with Gasteiger partial charge in [-0.1, -0.05) is 0 Å². The summed E-state index contributed by atoms with van der Waals surface area (Å²) in [6, 6.07) is 14.9. The lowest BCUT2D eigenvalue weighted by Crippen LogP contribution is -2.08. The standard InChI is InChI=1S/2C9H11NO.H2O4S/c2*1-10(2)9-5-3-8(7-11)4-6-9;1-5(2,3)4/h2*3-7H,1-2H3;(H2,1,2,3,4). The zero-order valence-electron chi connectivity index (χ0n) is 15.6. The molecule has 0 heterocycles. The highest BCUT2D eigenvalue weighted by Gasteiger charge is 1.94. The van der Waals surface area contributed by atoms with Gasteiger partial charge in [0, 0.05) is 50.7 Å². The van der Waals surface area contributed by atoms with Crippen LogP contribution in [-0.4, -0.2) is 58.3 Å². The quantitative estimate of drug-likeness (QED) is 0.598. The molecular weight excluding hydrogens is 372 g/mol. The lowest BCUT2D eigenvalue weighted by atomic mass is 10.2. The van der Waals surface area contributed by atoms with Crippen LogP contribution in [0.2, 0.25) is 0 Å². The minimum Gasteiger partial charge on any atom is -0.378 e. The molecule has 0 radical (unpaired) electrons. The molecule has 0 unspecified atom stereocenters. The molecule has 0 bridgehead atoms. The maximum absolute atomic E-state index is 10.3. The van der Waals surface area contributed by atoms with E-state index in [2.05, 4.69) is 0 Å². The van der Waals surface area contributed by atoms with E-state index in [4.69, 9.17) is 17.5 Å². The van der Waals surface area contributed by atoms with Crippen molar-refractivity contribution in [3.8, 4) is 0 Å². The molecule has 27 heavy (non-hydrogen) atoms. The van der Waals surface area contributed by atoms with Crippen LogP contribution in [0.3, 0.4) is 0 Å². The first kappa shape index (κ1) is 24.2. The van der Waals surface area contributed by atoms with Gasteiger partial charge in [-0.15, -0.1) is 0 Å². The van der Waals surface area contributed by atoms with E-state index in [1.807, 2.05) is 86.5 Å². The molecule has 0 amide bonds. The second-order valence-electron chi connectivity index (χ2n) is 5.66. The Morgan fingerprint density at radius 2 is 0.889 bits per heavy atom. The summed E-state index contributed by atoms with van der Waals surface area (Å²) in [5, 5.41) is 0. The summed E-state index contributed by atoms with van der Waals surface area (Å²) in [7, 11) is 3.21. The maximum atomic E-state index is 10.3. The van der Waals surface area contributed by atoms with E-state index < -0.39 is 10.4 Å². The lowest BCUT2D eigenvalue weighted by Gasteiger charge is -2.11. The van der Waals surface area contributed by atoms with Crippen LogP contribution in [0.1, 0.15) is 20.7 Å². The lowest BCUT2D eigenvalue weighted by molar-refractivity contribution is 0.111. The molecule has 0 saturated carbocycles. The SMILES string of the molecule is CN(C)c1ccc(C=O)cc1.CN(C)c1ccc(C=O)cc1.O=S(=O)(O)O. The summed E-state index contributed by atoms with van der Waals surface area (Å²) in [6.45, 7) is 0. The third-order valence-electron chi connectivity index (χ3n) is 3.09. The molecule has 0 aromatic heterocycles. The fraction of sp³-hybridized carbons (Fsp3) is 0.222. The number of aldehydes is 2. The van der Waals surface area contributed by atoms with Crippen molar-refractivity contribution in [2.75, 3.05) is 38.0 Å². The minimum atomic E-state index is -4.67. The van der Waals surface area contributed by atoms with Gasteiger partial charge < -0.3 is 9.80 Å². The van der Waals surface area contributed by atoms with Gasteiger partial charge >= 0.3 is 10.4 Å². The highest BCUT2D eigenvalue weighted by atomic mass is 32.3. The molecular formula is C18H24N2O6S. The first-order valence-corrected chi connectivity index (χ1v) is 9.02. The molecule has 2 rings (SSSR count). The van der Waals surface area contributed by atoms with E-state index in [1.54, 1.807) is 0 Å². The molecule has 0 spiro atoms. The van der Waals surface area contributed by atoms with Crippen LogP contribution >= 0.6 is 0 Å². The second kappa shape index (κ2) is 11.8. The summed E-state index contributed by atoms with van der Waals surface area (Å²) in [4.78, 5) is 24.5. The number of benzene rings is 2. The summed E-state index contributed by atoms with van der Waals surface area (Å²) >= 11 is 0. The molecule has 0 aliphatic heterocycles. The van der Waals surface area contributed by atoms with Crippen LogP contribution in [0.25, 0.3) is 0 Å². The highest BCUT2D eigenvalue weighted by molar-refractivity contribution is 7.79. The van der Waals surface area contributed by atoms with Crippen LogP contribution < -0.4 is 9.80 Å². The van der Waals surface area contributed by atoms with Gasteiger partial charge in [0.15, 0.2) is 0 Å². The molecule has 148 valence electrons. The van der Waals surface area contributed by atoms with E-state index in [0.29, 0.717) is 0 Å². The van der Waals surface area contributed by atoms with Crippen molar-refractivity contribution in [1.82, 2.24) is 0 Å². The average molecular weight is 396 g/mol. The van der Waals surface area contributed by atoms with Crippen LogP contribution in [0.4, 0.5) is 11.4 Å². The maximum Gasteiger partial charge on any atom is 0.394 e. The Balaban J connectivity index is 0.000000405. The second-order valence-corrected chi connectivity index (χ2v) is 6.55. The van der Waals surface area contributed by atoms with Crippen molar-refractivity contribution in [1.29, 1.82) is 0 Å². The Hall–Kier alpha value is -2.75. The largest absolute Gasteiger partial charge is 0.394 e. The highest BCUT2D eigenvalue weighted by Crippen LogP contribution is 2.11. The van der Waals surface area contributed by atoms with Crippen molar-refractivity contribution in [3.63, 3.8) is 0 Å². The van der Waals surface area contributed by atoms with Gasteiger partial charge in [0.25, 0.3) is 0 Å². The third kappa shape index (κ3) is 12.3. The van der Waals surface area contributed by atoms with Gasteiger partial charge in [0.05, 0.1) is 0 Å². The fourth-order valence-corrected chi connectivity index (χ4v) is 1.70. The van der Waals surface area contributed by atoms with Gasteiger partial charge in [-0.05, 0) is 48.5 Å². The fourth-order valence-electron chi connectivity index (χ4n) is 1.70. The Morgan fingerprint density at radius 3 is 1.04 bits per heavy atom. The van der Waals surface area contributed by atoms with Crippen LogP contribution in [0.15, 0.2) is 48.5 Å². The third-order valence-corrected chi connectivity index (χ3v) is 3.09. The molecule has 8 nitrogen and oxygen atoms in total. The van der Waals surface area contributed by atoms with E-state index in [-0.39, 0.29) is 0 Å². The number of rotatable bonds is 4. The van der Waals surface area contributed by atoms with Crippen molar-refractivity contribution in [3.05, 3.63) is 59.7 Å². The topological polar surface area (TPSA) is 115 Å². The number of nitrogens with zero attached hydrogens (tertiary/aromatic N) is 2. The van der Waals surface area contributed by atoms with Crippen molar-refractivity contribution < 1.29 is 27.1 Å². The molecule has 2 aromatic rings. The summed E-state index contributed by atoms with van der Waals surface area (Å²) in [5.74, 6) is 0. The number of hydrogen-bond donors (Lipinski definition) is 2. The van der Waals surface area contributed by atoms with Gasteiger partial charge in [-0.25, -0.2) is 0 Å². The smallest absolute Gasteiger partial charge is 0.378 e. The first-order chi connectivity index (χ1) is 12.5. The average Bonchev–Trinajstić information content (AvgIpc) is 2.61. The monoisotopic (exact) mass is 396 g/mol. The van der Waals surface area contributed by atoms with Crippen molar-refractivity contribution in [2.45, 2.75) is 0 Å². The molecule has 0 saturated heterocycles. The molecule has 2 aromatic carbocycles. The van der Waals surface area contributed by atoms with Gasteiger partial charge in [-0.3, -0.25) is 18.7 Å². The van der Waals surface area contributed by atoms with E-state index in [0.717, 1.165) is 35.1 Å². The zero-order valence-corrected chi connectivity index (χ0v) is 16.4. The van der Waals surface area contributed by atoms with Gasteiger partial charge in [0.1, 0.15) is 12.6 Å². The van der Waals surface area contributed by atoms with Gasteiger partial charge in [-0.2, -0.15) is 8.42 Å². The number of hydrogen-bond acceptors (Lipinski definition) is 6.